The topological polar surface area (TPSA) is 104 Å². The van der Waals surface area contributed by atoms with Gasteiger partial charge in [-0.3, -0.25) is 14.5 Å². The largest absolute Gasteiger partial charge is 0.442 e. The zero-order chi connectivity index (χ0) is 24.3. The molecule has 0 aliphatic carbocycles. The molecular formula is C24H27FN6O3. The van der Waals surface area contributed by atoms with Gasteiger partial charge in [0.1, 0.15) is 11.9 Å². The molecule has 2 amide bonds. The summed E-state index contributed by atoms with van der Waals surface area (Å²) in [5, 5.41) is 5.92. The van der Waals surface area contributed by atoms with Gasteiger partial charge in [0.15, 0.2) is 0 Å². The number of anilines is 4. The predicted octanol–water partition coefficient (Wildman–Crippen LogP) is 3.20. The number of ether oxygens (including phenoxy) is 1. The molecule has 34 heavy (non-hydrogen) atoms. The average molecular weight is 467 g/mol. The van der Waals surface area contributed by atoms with Gasteiger partial charge in [0, 0.05) is 31.4 Å². The van der Waals surface area contributed by atoms with Gasteiger partial charge in [-0.25, -0.2) is 15.8 Å². The third kappa shape index (κ3) is 4.98. The van der Waals surface area contributed by atoms with Crippen LogP contribution in [0.15, 0.2) is 42.5 Å². The van der Waals surface area contributed by atoms with Crippen molar-refractivity contribution >= 4 is 34.7 Å². The highest BCUT2D eigenvalue weighted by molar-refractivity contribution is 5.90. The second kappa shape index (κ2) is 9.47. The van der Waals surface area contributed by atoms with Gasteiger partial charge in [-0.1, -0.05) is 6.07 Å². The van der Waals surface area contributed by atoms with E-state index in [4.69, 9.17) is 17.0 Å². The van der Waals surface area contributed by atoms with Crippen LogP contribution in [0.4, 0.5) is 31.9 Å². The van der Waals surface area contributed by atoms with Crippen LogP contribution in [0.1, 0.15) is 19.8 Å². The van der Waals surface area contributed by atoms with Gasteiger partial charge in [0.05, 0.1) is 37.3 Å². The number of amides is 2. The van der Waals surface area contributed by atoms with Crippen molar-refractivity contribution in [3.63, 3.8) is 0 Å². The molecule has 9 nitrogen and oxygen atoms in total. The van der Waals surface area contributed by atoms with Crippen LogP contribution in [-0.2, 0) is 9.53 Å². The minimum absolute atomic E-state index is 0.207. The molecule has 2 fully saturated rings. The first-order valence-electron chi connectivity index (χ1n) is 11.1. The lowest BCUT2D eigenvalue weighted by atomic mass is 9.96. The van der Waals surface area contributed by atoms with Crippen LogP contribution in [0.2, 0.25) is 0 Å². The first-order valence-corrected chi connectivity index (χ1v) is 11.1. The van der Waals surface area contributed by atoms with Gasteiger partial charge >= 0.3 is 11.8 Å². The number of piperidine rings is 1. The van der Waals surface area contributed by atoms with E-state index in [0.717, 1.165) is 5.69 Å². The standard InChI is InChI=1S/C24H27FN6O3/c1-16(32)28-14-20-15-31(23(33)34-20)19-6-7-22(21(25)13-19)30-10-8-24(27-2,9-11-30)29-18-5-3-4-17(26)12-18/h3-7,12-13,20,29H,8-11,14-15,26H2,1H3,(H,28,32)/t20-/m0/s1. The van der Waals surface area contributed by atoms with Crippen molar-refractivity contribution in [2.75, 3.05) is 47.0 Å². The summed E-state index contributed by atoms with van der Waals surface area (Å²) in [6, 6.07) is 11.9. The van der Waals surface area contributed by atoms with Crippen molar-refractivity contribution in [3.05, 3.63) is 59.7 Å². The zero-order valence-corrected chi connectivity index (χ0v) is 18.9. The second-order valence-electron chi connectivity index (χ2n) is 8.57. The summed E-state index contributed by atoms with van der Waals surface area (Å²) < 4.78 is 20.3. The summed E-state index contributed by atoms with van der Waals surface area (Å²) in [6.07, 6.45) is -0.0451. The Morgan fingerprint density at radius 1 is 1.29 bits per heavy atom. The fraction of sp³-hybridized carbons (Fsp3) is 0.375. The van der Waals surface area contributed by atoms with Crippen LogP contribution < -0.4 is 26.2 Å². The maximum atomic E-state index is 15.1. The van der Waals surface area contributed by atoms with Crippen molar-refractivity contribution in [1.29, 1.82) is 0 Å². The Labute approximate surface area is 197 Å². The van der Waals surface area contributed by atoms with Crippen LogP contribution in [0.5, 0.6) is 0 Å². The Bertz CT molecular complexity index is 1130. The van der Waals surface area contributed by atoms with Gasteiger partial charge < -0.3 is 26.0 Å². The van der Waals surface area contributed by atoms with Crippen LogP contribution >= 0.6 is 0 Å². The van der Waals surface area contributed by atoms with Gasteiger partial charge in [-0.2, -0.15) is 0 Å². The Morgan fingerprint density at radius 3 is 2.71 bits per heavy atom. The number of carbonyl (C=O) groups excluding carboxylic acids is 2. The highest BCUT2D eigenvalue weighted by Gasteiger charge is 2.41. The first-order chi connectivity index (χ1) is 16.3. The van der Waals surface area contributed by atoms with Gasteiger partial charge in [-0.15, -0.1) is 0 Å². The first kappa shape index (κ1) is 23.2. The molecule has 2 saturated heterocycles. The summed E-state index contributed by atoms with van der Waals surface area (Å²) in [4.78, 5) is 30.4. The number of carbonyl (C=O) groups is 2. The Morgan fingerprint density at radius 2 is 2.06 bits per heavy atom. The molecule has 0 unspecified atom stereocenters. The number of rotatable bonds is 6. The van der Waals surface area contributed by atoms with Crippen molar-refractivity contribution in [2.45, 2.75) is 31.5 Å². The fourth-order valence-corrected chi connectivity index (χ4v) is 4.28. The van der Waals surface area contributed by atoms with E-state index < -0.39 is 23.7 Å². The van der Waals surface area contributed by atoms with Crippen LogP contribution in [0.25, 0.3) is 4.85 Å². The molecule has 2 aliphatic rings. The number of cyclic esters (lactones) is 1. The smallest absolute Gasteiger partial charge is 0.414 e. The lowest BCUT2D eigenvalue weighted by molar-refractivity contribution is -0.119. The molecule has 0 bridgehead atoms. The quantitative estimate of drug-likeness (QED) is 0.446. The maximum Gasteiger partial charge on any atom is 0.414 e. The van der Waals surface area contributed by atoms with Gasteiger partial charge in [0.2, 0.25) is 5.91 Å². The van der Waals surface area contributed by atoms with E-state index in [-0.39, 0.29) is 19.0 Å². The van der Waals surface area contributed by atoms with E-state index in [1.165, 1.54) is 17.9 Å². The van der Waals surface area contributed by atoms with E-state index in [1.54, 1.807) is 24.3 Å². The van der Waals surface area contributed by atoms with Crippen molar-refractivity contribution in [1.82, 2.24) is 5.32 Å². The molecule has 4 rings (SSSR count). The Balaban J connectivity index is 1.41. The summed E-state index contributed by atoms with van der Waals surface area (Å²) in [7, 11) is 0. The Kier molecular flexibility index (Phi) is 6.45. The van der Waals surface area contributed by atoms with Crippen LogP contribution in [-0.4, -0.2) is 49.9 Å². The summed E-state index contributed by atoms with van der Waals surface area (Å²) in [5.74, 6) is -0.661. The third-order valence-corrected chi connectivity index (χ3v) is 6.10. The highest BCUT2D eigenvalue weighted by Crippen LogP contribution is 2.34. The molecule has 2 aromatic rings. The highest BCUT2D eigenvalue weighted by atomic mass is 19.1. The SMILES string of the molecule is [C-]#[N+]C1(Nc2cccc(N)c2)CCN(c2ccc(N3C[C@H](CNC(C)=O)OC3=O)cc2F)CC1. The monoisotopic (exact) mass is 466 g/mol. The van der Waals surface area contributed by atoms with Gasteiger partial charge in [-0.05, 0) is 36.4 Å². The van der Waals surface area contributed by atoms with Gasteiger partial charge in [0.25, 0.3) is 0 Å². The molecule has 1 atom stereocenters. The normalized spacial score (nSPS) is 19.3. The number of nitrogens with one attached hydrogen (secondary N) is 2. The number of nitrogens with two attached hydrogens (primary N) is 1. The lowest BCUT2D eigenvalue weighted by Crippen LogP contribution is -2.47. The number of hydrogen-bond acceptors (Lipinski definition) is 6. The number of nitrogens with zero attached hydrogens (tertiary/aromatic N) is 3. The number of nitrogen functional groups attached to an aromatic ring is 1. The fourth-order valence-electron chi connectivity index (χ4n) is 4.28. The van der Waals surface area contributed by atoms with E-state index >= 15 is 4.39 Å². The molecule has 10 heteroatoms. The van der Waals surface area contributed by atoms with E-state index in [2.05, 4.69) is 15.5 Å². The summed E-state index contributed by atoms with van der Waals surface area (Å²) in [5.41, 5.74) is 7.30. The van der Waals surface area contributed by atoms with Crippen molar-refractivity contribution in [3.8, 4) is 0 Å². The molecule has 178 valence electrons. The molecular weight excluding hydrogens is 439 g/mol. The van der Waals surface area contributed by atoms with Crippen LogP contribution in [0.3, 0.4) is 0 Å². The van der Waals surface area contributed by atoms with Crippen molar-refractivity contribution in [2.24, 2.45) is 0 Å². The molecule has 2 heterocycles. The molecule has 4 N–H and O–H groups in total. The lowest BCUT2D eigenvalue weighted by Gasteiger charge is -2.36. The minimum atomic E-state index is -0.775. The summed E-state index contributed by atoms with van der Waals surface area (Å²) >= 11 is 0. The minimum Gasteiger partial charge on any atom is -0.442 e. The average Bonchev–Trinajstić information content (AvgIpc) is 3.19. The van der Waals surface area contributed by atoms with Crippen molar-refractivity contribution < 1.29 is 18.7 Å². The third-order valence-electron chi connectivity index (χ3n) is 6.10. The van der Waals surface area contributed by atoms with E-state index in [0.29, 0.717) is 43.0 Å². The zero-order valence-electron chi connectivity index (χ0n) is 18.9. The molecule has 0 saturated carbocycles. The van der Waals surface area contributed by atoms with E-state index in [1.807, 2.05) is 17.0 Å². The summed E-state index contributed by atoms with van der Waals surface area (Å²) in [6.45, 7) is 10.6. The molecule has 0 spiro atoms. The Hall–Kier alpha value is -4.00. The molecule has 0 aromatic heterocycles. The molecule has 0 radical (unpaired) electrons. The predicted molar refractivity (Wildman–Crippen MR) is 128 cm³/mol. The van der Waals surface area contributed by atoms with Crippen LogP contribution in [0, 0.1) is 12.4 Å². The number of hydrogen-bond donors (Lipinski definition) is 3. The number of benzene rings is 2. The van der Waals surface area contributed by atoms with E-state index in [9.17, 15) is 9.59 Å². The molecule has 2 aromatic carbocycles. The maximum absolute atomic E-state index is 15.1. The second-order valence-corrected chi connectivity index (χ2v) is 8.57. The molecule has 2 aliphatic heterocycles. The number of halogens is 1.